The fourth-order valence-corrected chi connectivity index (χ4v) is 3.89. The summed E-state index contributed by atoms with van der Waals surface area (Å²) in [6.45, 7) is 3.07. The van der Waals surface area contributed by atoms with Crippen molar-refractivity contribution in [3.8, 4) is 6.07 Å². The molecule has 0 saturated carbocycles. The highest BCUT2D eigenvalue weighted by Gasteiger charge is 2.40. The predicted molar refractivity (Wildman–Crippen MR) is 125 cm³/mol. The highest BCUT2D eigenvalue weighted by atomic mass is 19.4. The number of rotatable bonds is 5. The molecule has 8 nitrogen and oxygen atoms in total. The number of anilines is 1. The Bertz CT molecular complexity index is 1530. The van der Waals surface area contributed by atoms with E-state index in [1.165, 1.54) is 11.6 Å². The average molecular weight is 492 g/mol. The highest BCUT2D eigenvalue weighted by molar-refractivity contribution is 6.14. The molecule has 36 heavy (non-hydrogen) atoms. The molecule has 182 valence electrons. The van der Waals surface area contributed by atoms with E-state index in [1.54, 1.807) is 55.5 Å². The van der Waals surface area contributed by atoms with Crippen molar-refractivity contribution in [1.82, 2.24) is 14.8 Å². The van der Waals surface area contributed by atoms with Crippen LogP contribution in [0, 0.1) is 18.3 Å². The first kappa shape index (κ1) is 24.4. The molecule has 0 saturated heterocycles. The zero-order chi connectivity index (χ0) is 26.2. The second-order valence-corrected chi connectivity index (χ2v) is 8.05. The number of primary amides is 1. The number of benzene rings is 2. The van der Waals surface area contributed by atoms with Crippen LogP contribution >= 0.6 is 0 Å². The lowest BCUT2D eigenvalue weighted by atomic mass is 10.1. The molecule has 0 aliphatic carbocycles. The van der Waals surface area contributed by atoms with Crippen LogP contribution in [0.5, 0.6) is 0 Å². The van der Waals surface area contributed by atoms with E-state index in [0.29, 0.717) is 16.5 Å². The van der Waals surface area contributed by atoms with Crippen molar-refractivity contribution >= 4 is 28.4 Å². The van der Waals surface area contributed by atoms with E-state index in [2.05, 4.69) is 15.4 Å². The van der Waals surface area contributed by atoms with Gasteiger partial charge in [0.1, 0.15) is 5.69 Å². The molecule has 0 aliphatic rings. The Hall–Kier alpha value is -4.72. The van der Waals surface area contributed by atoms with Crippen molar-refractivity contribution in [2.45, 2.75) is 26.1 Å². The lowest BCUT2D eigenvalue weighted by Gasteiger charge is -2.15. The Labute approximate surface area is 203 Å². The summed E-state index contributed by atoms with van der Waals surface area (Å²) in [4.78, 5) is 29.0. The van der Waals surface area contributed by atoms with Crippen molar-refractivity contribution < 1.29 is 22.8 Å². The molecule has 0 radical (unpaired) electrons. The summed E-state index contributed by atoms with van der Waals surface area (Å²) in [7, 11) is 0. The monoisotopic (exact) mass is 492 g/mol. The zero-order valence-electron chi connectivity index (χ0n) is 19.1. The first-order valence-electron chi connectivity index (χ1n) is 10.7. The first-order chi connectivity index (χ1) is 17.0. The third-order valence-electron chi connectivity index (χ3n) is 5.76. The maximum Gasteiger partial charge on any atom is 0.437 e. The van der Waals surface area contributed by atoms with E-state index < -0.39 is 35.4 Å². The summed E-state index contributed by atoms with van der Waals surface area (Å²) in [5.41, 5.74) is 4.70. The van der Waals surface area contributed by atoms with E-state index in [4.69, 9.17) is 11.0 Å². The molecule has 2 amide bonds. The molecule has 3 N–H and O–H groups in total. The van der Waals surface area contributed by atoms with Gasteiger partial charge < -0.3 is 11.1 Å². The molecule has 0 aliphatic heterocycles. The van der Waals surface area contributed by atoms with Crippen molar-refractivity contribution in [1.29, 1.82) is 5.26 Å². The number of nitrogens with one attached hydrogen (secondary N) is 1. The van der Waals surface area contributed by atoms with Gasteiger partial charge in [0, 0.05) is 5.39 Å². The predicted octanol–water partition coefficient (Wildman–Crippen LogP) is 4.59. The van der Waals surface area contributed by atoms with Gasteiger partial charge in [0.2, 0.25) is 0 Å². The molecule has 4 rings (SSSR count). The van der Waals surface area contributed by atoms with Gasteiger partial charge in [0.15, 0.2) is 5.69 Å². The quantitative estimate of drug-likeness (QED) is 0.421. The van der Waals surface area contributed by atoms with Gasteiger partial charge in [0.25, 0.3) is 11.8 Å². The van der Waals surface area contributed by atoms with Gasteiger partial charge in [-0.25, -0.2) is 4.98 Å². The lowest BCUT2D eigenvalue weighted by Crippen LogP contribution is -2.19. The lowest BCUT2D eigenvalue weighted by molar-refractivity contribution is -0.140. The van der Waals surface area contributed by atoms with Gasteiger partial charge in [-0.2, -0.15) is 23.5 Å². The number of nitrogens with two attached hydrogens (primary N) is 1. The van der Waals surface area contributed by atoms with E-state index in [9.17, 15) is 22.8 Å². The Morgan fingerprint density at radius 1 is 1.14 bits per heavy atom. The van der Waals surface area contributed by atoms with Crippen molar-refractivity contribution in [2.24, 2.45) is 5.73 Å². The Morgan fingerprint density at radius 2 is 1.81 bits per heavy atom. The van der Waals surface area contributed by atoms with Crippen LogP contribution in [0.3, 0.4) is 0 Å². The first-order valence-corrected chi connectivity index (χ1v) is 10.7. The number of nitriles is 1. The summed E-state index contributed by atoms with van der Waals surface area (Å²) in [6.07, 6.45) is -4.86. The van der Waals surface area contributed by atoms with Gasteiger partial charge in [0.05, 0.1) is 40.1 Å². The largest absolute Gasteiger partial charge is 0.437 e. The Balaban J connectivity index is 1.79. The van der Waals surface area contributed by atoms with E-state index in [-0.39, 0.29) is 22.5 Å². The number of fused-ring (bicyclic) bond motifs is 1. The summed E-state index contributed by atoms with van der Waals surface area (Å²) in [6, 6.07) is 15.3. The summed E-state index contributed by atoms with van der Waals surface area (Å²) < 4.78 is 43.0. The normalized spacial score (nSPS) is 12.2. The maximum absolute atomic E-state index is 13.9. The minimum absolute atomic E-state index is 0.0604. The smallest absolute Gasteiger partial charge is 0.364 e. The van der Waals surface area contributed by atoms with Crippen LogP contribution < -0.4 is 11.1 Å². The van der Waals surface area contributed by atoms with Crippen LogP contribution in [0.15, 0.2) is 54.6 Å². The molecule has 0 spiro atoms. The average Bonchev–Trinajstić information content (AvgIpc) is 3.19. The molecule has 4 aromatic rings. The summed E-state index contributed by atoms with van der Waals surface area (Å²) in [5.74, 6) is -1.76. The number of aromatic nitrogens is 3. The van der Waals surface area contributed by atoms with Crippen LogP contribution in [0.1, 0.15) is 56.3 Å². The van der Waals surface area contributed by atoms with E-state index >= 15 is 0 Å². The molecule has 0 fully saturated rings. The molecule has 2 aromatic heterocycles. The fraction of sp³-hybridized carbons (Fsp3) is 0.160. The highest BCUT2D eigenvalue weighted by Crippen LogP contribution is 2.38. The third kappa shape index (κ3) is 4.48. The number of hydrogen-bond acceptors (Lipinski definition) is 5. The minimum atomic E-state index is -4.86. The van der Waals surface area contributed by atoms with Gasteiger partial charge in [-0.05, 0) is 43.7 Å². The Kier molecular flexibility index (Phi) is 6.20. The molecular weight excluding hydrogens is 473 g/mol. The molecule has 0 bridgehead atoms. The standard InChI is InChI=1S/C25H19F3N6O2/c1-13(16-9-7-15(12-29)8-10-16)34-14(2)21(22(33-34)25(26,27)28)32-24(36)18-11-20(23(30)35)31-19-6-4-3-5-17(18)19/h3-11,13H,1-2H3,(H2,30,35)(H,32,36). The van der Waals surface area contributed by atoms with Gasteiger partial charge in [-0.3, -0.25) is 14.3 Å². The zero-order valence-corrected chi connectivity index (χ0v) is 19.1. The summed E-state index contributed by atoms with van der Waals surface area (Å²) >= 11 is 0. The number of carbonyl (C=O) groups excluding carboxylic acids is 2. The van der Waals surface area contributed by atoms with Crippen LogP contribution in [0.4, 0.5) is 18.9 Å². The maximum atomic E-state index is 13.9. The fourth-order valence-electron chi connectivity index (χ4n) is 3.89. The van der Waals surface area contributed by atoms with Crippen LogP contribution in [-0.2, 0) is 6.18 Å². The minimum Gasteiger partial charge on any atom is -0.364 e. The number of hydrogen-bond donors (Lipinski definition) is 2. The number of halogens is 3. The molecule has 1 unspecified atom stereocenters. The van der Waals surface area contributed by atoms with Crippen LogP contribution in [-0.4, -0.2) is 26.6 Å². The summed E-state index contributed by atoms with van der Waals surface area (Å²) in [5, 5.41) is 15.4. The van der Waals surface area contributed by atoms with Crippen LogP contribution in [0.25, 0.3) is 10.9 Å². The van der Waals surface area contributed by atoms with Crippen molar-refractivity contribution in [3.63, 3.8) is 0 Å². The van der Waals surface area contributed by atoms with Gasteiger partial charge in [-0.1, -0.05) is 30.3 Å². The van der Waals surface area contributed by atoms with E-state index in [0.717, 1.165) is 6.07 Å². The van der Waals surface area contributed by atoms with Crippen molar-refractivity contribution in [2.75, 3.05) is 5.32 Å². The topological polar surface area (TPSA) is 127 Å². The number of alkyl halides is 3. The number of nitrogens with zero attached hydrogens (tertiary/aromatic N) is 4. The van der Waals surface area contributed by atoms with E-state index in [1.807, 2.05) is 6.07 Å². The SMILES string of the molecule is Cc1c(NC(=O)c2cc(C(N)=O)nc3ccccc23)c(C(F)(F)F)nn1C(C)c1ccc(C#N)cc1. The van der Waals surface area contributed by atoms with Crippen LogP contribution in [0.2, 0.25) is 0 Å². The Morgan fingerprint density at radius 3 is 2.42 bits per heavy atom. The number of amides is 2. The molecule has 2 aromatic carbocycles. The molecular formula is C25H19F3N6O2. The van der Waals surface area contributed by atoms with Crippen molar-refractivity contribution in [3.05, 3.63) is 88.4 Å². The van der Waals surface area contributed by atoms with Gasteiger partial charge in [-0.15, -0.1) is 0 Å². The number of carbonyl (C=O) groups is 2. The number of pyridine rings is 1. The second kappa shape index (κ2) is 9.14. The second-order valence-electron chi connectivity index (χ2n) is 8.05. The third-order valence-corrected chi connectivity index (χ3v) is 5.76. The number of para-hydroxylation sites is 1. The molecule has 2 heterocycles. The van der Waals surface area contributed by atoms with Gasteiger partial charge >= 0.3 is 6.18 Å². The molecule has 11 heteroatoms. The molecule has 1 atom stereocenters.